The zero-order chi connectivity index (χ0) is 12.1. The molecule has 0 spiro atoms. The number of aliphatic hydroxyl groups is 1. The number of hydrogen-bond acceptors (Lipinski definition) is 6. The van der Waals surface area contributed by atoms with E-state index >= 15 is 0 Å². The molecule has 0 saturated heterocycles. The van der Waals surface area contributed by atoms with E-state index in [9.17, 15) is 18.9 Å². The van der Waals surface area contributed by atoms with Crippen LogP contribution >= 0.6 is 16.5 Å². The van der Waals surface area contributed by atoms with Gasteiger partial charge in [0, 0.05) is 6.61 Å². The second kappa shape index (κ2) is 18.7. The Morgan fingerprint density at radius 3 is 1.75 bits per heavy atom. The zero-order valence-corrected chi connectivity index (χ0v) is 13.3. The molecule has 90 valence electrons. The molecule has 0 bridgehead atoms. The molecular formula is C7H16CaO6P2+2. The Labute approximate surface area is 127 Å². The van der Waals surface area contributed by atoms with Crippen molar-refractivity contribution in [2.45, 2.75) is 39.0 Å². The average Bonchev–Trinajstić information content (AvgIpc) is 2.11. The SMILES string of the molecule is CCCCCCCO.O=[P+]([O-])O[P+](=O)[O-].[Ca+2]. The quantitative estimate of drug-likeness (QED) is 0.419. The molecule has 0 aromatic carbocycles. The second-order valence-electron chi connectivity index (χ2n) is 2.67. The normalized spacial score (nSPS) is 10.8. The largest absolute Gasteiger partial charge is 2.00 e. The van der Waals surface area contributed by atoms with E-state index in [-0.39, 0.29) is 37.7 Å². The first kappa shape index (κ1) is 22.5. The predicted octanol–water partition coefficient (Wildman–Crippen LogP) is 0.607. The van der Waals surface area contributed by atoms with Crippen LogP contribution in [0.25, 0.3) is 0 Å². The van der Waals surface area contributed by atoms with Gasteiger partial charge in [0.25, 0.3) is 0 Å². The fourth-order valence-corrected chi connectivity index (χ4v) is 1.21. The van der Waals surface area contributed by atoms with Crippen molar-refractivity contribution in [2.24, 2.45) is 0 Å². The standard InChI is InChI=1S/C7H16O.Ca.O5P2/c1-2-3-4-5-6-7-8;;1-6(2)5-7(3)4/h8H,2-7H2,1H3;;/q;+2;. The van der Waals surface area contributed by atoms with E-state index in [0.717, 1.165) is 6.42 Å². The maximum atomic E-state index is 9.24. The monoisotopic (exact) mass is 298 g/mol. The fraction of sp³-hybridized carbons (Fsp3) is 1.00. The number of hydrogen-bond donors (Lipinski definition) is 1. The summed E-state index contributed by atoms with van der Waals surface area (Å²) in [5.41, 5.74) is 0. The number of unbranched alkanes of at least 4 members (excludes halogenated alkanes) is 4. The molecule has 2 unspecified atom stereocenters. The molecule has 0 aromatic heterocycles. The molecule has 0 fully saturated rings. The van der Waals surface area contributed by atoms with Crippen molar-refractivity contribution in [3.05, 3.63) is 0 Å². The van der Waals surface area contributed by atoms with E-state index < -0.39 is 16.5 Å². The fourth-order valence-electron chi connectivity index (χ4n) is 0.770. The van der Waals surface area contributed by atoms with Gasteiger partial charge in [0.1, 0.15) is 4.31 Å². The molecule has 0 rings (SSSR count). The molecule has 9 heteroatoms. The molecule has 0 amide bonds. The first-order chi connectivity index (χ1) is 7.04. The van der Waals surface area contributed by atoms with Crippen molar-refractivity contribution in [2.75, 3.05) is 6.61 Å². The summed E-state index contributed by atoms with van der Waals surface area (Å²) >= 11 is 0. The molecule has 0 aliphatic rings. The van der Waals surface area contributed by atoms with Crippen molar-refractivity contribution in [1.82, 2.24) is 0 Å². The van der Waals surface area contributed by atoms with Crippen LogP contribution in [0.5, 0.6) is 0 Å². The topological polar surface area (TPSA) is 110 Å². The van der Waals surface area contributed by atoms with Crippen LogP contribution in [0.4, 0.5) is 0 Å². The molecule has 0 saturated carbocycles. The third-order valence-electron chi connectivity index (χ3n) is 1.40. The second-order valence-corrected chi connectivity index (χ2v) is 4.21. The summed E-state index contributed by atoms with van der Waals surface area (Å²) in [6.45, 7) is 2.56. The molecule has 0 heterocycles. The molecule has 2 atom stereocenters. The van der Waals surface area contributed by atoms with Gasteiger partial charge in [0.05, 0.1) is 0 Å². The maximum Gasteiger partial charge on any atom is 2.00 e. The van der Waals surface area contributed by atoms with Crippen LogP contribution in [0.2, 0.25) is 0 Å². The van der Waals surface area contributed by atoms with Crippen LogP contribution < -0.4 is 9.79 Å². The summed E-state index contributed by atoms with van der Waals surface area (Å²) in [6, 6.07) is 0. The first-order valence-corrected chi connectivity index (χ1v) is 6.81. The van der Waals surface area contributed by atoms with Crippen molar-refractivity contribution in [3.63, 3.8) is 0 Å². The van der Waals surface area contributed by atoms with Gasteiger partial charge in [0.2, 0.25) is 0 Å². The third-order valence-corrected chi connectivity index (χ3v) is 2.46. The van der Waals surface area contributed by atoms with Crippen LogP contribution in [-0.4, -0.2) is 49.5 Å². The van der Waals surface area contributed by atoms with Gasteiger partial charge in [-0.15, -0.1) is 0 Å². The Hall–Kier alpha value is 1.30. The number of rotatable bonds is 7. The summed E-state index contributed by atoms with van der Waals surface area (Å²) in [5, 5.41) is 8.37. The first-order valence-electron chi connectivity index (χ1n) is 4.62. The van der Waals surface area contributed by atoms with Gasteiger partial charge < -0.3 is 14.9 Å². The average molecular weight is 298 g/mol. The maximum absolute atomic E-state index is 9.24. The Bertz CT molecular complexity index is 162. The van der Waals surface area contributed by atoms with E-state index in [1.54, 1.807) is 0 Å². The Kier molecular flexibility index (Phi) is 26.2. The van der Waals surface area contributed by atoms with Gasteiger partial charge in [-0.3, -0.25) is 0 Å². The minimum Gasteiger partial charge on any atom is -0.563 e. The molecule has 0 aromatic rings. The van der Waals surface area contributed by atoms with Crippen molar-refractivity contribution in [1.29, 1.82) is 0 Å². The molecule has 6 nitrogen and oxygen atoms in total. The van der Waals surface area contributed by atoms with Crippen LogP contribution in [0.15, 0.2) is 0 Å². The Morgan fingerprint density at radius 2 is 1.50 bits per heavy atom. The van der Waals surface area contributed by atoms with E-state index in [2.05, 4.69) is 11.2 Å². The van der Waals surface area contributed by atoms with Crippen molar-refractivity contribution < 1.29 is 28.3 Å². The van der Waals surface area contributed by atoms with E-state index in [4.69, 9.17) is 5.11 Å². The molecule has 16 heavy (non-hydrogen) atoms. The molecule has 0 radical (unpaired) electrons. The molecular weight excluding hydrogens is 282 g/mol. The van der Waals surface area contributed by atoms with Gasteiger partial charge in [-0.2, -0.15) is 0 Å². The number of aliphatic hydroxyl groups excluding tert-OH is 1. The van der Waals surface area contributed by atoms with Gasteiger partial charge in [-0.25, -0.2) is 0 Å². The summed E-state index contributed by atoms with van der Waals surface area (Å²) in [5.74, 6) is 0. The molecule has 1 N–H and O–H groups in total. The van der Waals surface area contributed by atoms with E-state index in [1.165, 1.54) is 25.7 Å². The van der Waals surface area contributed by atoms with Gasteiger partial charge >= 0.3 is 54.2 Å². The molecule has 0 aliphatic heterocycles. The smallest absolute Gasteiger partial charge is 0.563 e. The molecule has 0 aliphatic carbocycles. The zero-order valence-electron chi connectivity index (χ0n) is 9.33. The van der Waals surface area contributed by atoms with Gasteiger partial charge in [0.15, 0.2) is 0 Å². The minimum absolute atomic E-state index is 0. The summed E-state index contributed by atoms with van der Waals surface area (Å²) in [7, 11) is -6.47. The summed E-state index contributed by atoms with van der Waals surface area (Å²) in [6.07, 6.45) is 6.08. The predicted molar refractivity (Wildman–Crippen MR) is 57.9 cm³/mol. The van der Waals surface area contributed by atoms with E-state index in [1.807, 2.05) is 0 Å². The van der Waals surface area contributed by atoms with Crippen molar-refractivity contribution >= 4 is 54.2 Å². The minimum atomic E-state index is -3.24. The Balaban J connectivity index is -0.000000200. The van der Waals surface area contributed by atoms with Crippen LogP contribution in [0.3, 0.4) is 0 Å². The van der Waals surface area contributed by atoms with Crippen LogP contribution in [-0.2, 0) is 13.4 Å². The Morgan fingerprint density at radius 1 is 1.06 bits per heavy atom. The summed E-state index contributed by atoms with van der Waals surface area (Å²) < 4.78 is 21.6. The van der Waals surface area contributed by atoms with E-state index in [0.29, 0.717) is 6.61 Å². The van der Waals surface area contributed by atoms with Crippen LogP contribution in [0.1, 0.15) is 39.0 Å². The van der Waals surface area contributed by atoms with Gasteiger partial charge in [-0.05, 0) is 15.6 Å². The third kappa shape index (κ3) is 29.5. The van der Waals surface area contributed by atoms with Gasteiger partial charge in [-0.1, -0.05) is 32.6 Å². The summed E-state index contributed by atoms with van der Waals surface area (Å²) in [4.78, 5) is 18.5. The van der Waals surface area contributed by atoms with Crippen molar-refractivity contribution in [3.8, 4) is 0 Å². The van der Waals surface area contributed by atoms with Crippen LogP contribution in [0, 0.1) is 0 Å².